The molecule has 2 heterocycles. The van der Waals surface area contributed by atoms with Gasteiger partial charge in [-0.15, -0.1) is 0 Å². The van der Waals surface area contributed by atoms with Crippen molar-refractivity contribution < 1.29 is 4.74 Å². The molecular formula is C15H28N2O. The summed E-state index contributed by atoms with van der Waals surface area (Å²) in [5.74, 6) is 0.918. The number of rotatable bonds is 3. The van der Waals surface area contributed by atoms with Gasteiger partial charge in [-0.1, -0.05) is 0 Å². The second-order valence-electron chi connectivity index (χ2n) is 7.39. The van der Waals surface area contributed by atoms with Crippen molar-refractivity contribution in [2.75, 3.05) is 26.2 Å². The van der Waals surface area contributed by atoms with E-state index in [1.165, 1.54) is 38.8 Å². The third-order valence-electron chi connectivity index (χ3n) is 5.00. The first-order valence-corrected chi connectivity index (χ1v) is 7.62. The molecule has 18 heavy (non-hydrogen) atoms. The number of hydrogen-bond donors (Lipinski definition) is 1. The summed E-state index contributed by atoms with van der Waals surface area (Å²) in [7, 11) is 0. The Morgan fingerprint density at radius 2 is 2.00 bits per heavy atom. The van der Waals surface area contributed by atoms with Crippen molar-refractivity contribution in [3.8, 4) is 0 Å². The van der Waals surface area contributed by atoms with E-state index in [-0.39, 0.29) is 5.60 Å². The van der Waals surface area contributed by atoms with Crippen LogP contribution in [0.15, 0.2) is 0 Å². The number of piperazine rings is 1. The summed E-state index contributed by atoms with van der Waals surface area (Å²) >= 11 is 0. The van der Waals surface area contributed by atoms with Crippen LogP contribution in [-0.2, 0) is 4.74 Å². The highest BCUT2D eigenvalue weighted by atomic mass is 16.5. The van der Waals surface area contributed by atoms with Gasteiger partial charge in [0.1, 0.15) is 0 Å². The van der Waals surface area contributed by atoms with Gasteiger partial charge in [0.15, 0.2) is 0 Å². The van der Waals surface area contributed by atoms with Crippen molar-refractivity contribution in [1.82, 2.24) is 10.2 Å². The Balaban J connectivity index is 1.54. The summed E-state index contributed by atoms with van der Waals surface area (Å²) in [5, 5.41) is 3.75. The monoisotopic (exact) mass is 252 g/mol. The first-order valence-electron chi connectivity index (χ1n) is 7.62. The van der Waals surface area contributed by atoms with Crippen LogP contribution in [0.5, 0.6) is 0 Å². The van der Waals surface area contributed by atoms with Crippen LogP contribution in [0.2, 0.25) is 0 Å². The molecule has 1 N–H and O–H groups in total. The van der Waals surface area contributed by atoms with Crippen LogP contribution in [-0.4, -0.2) is 48.3 Å². The molecule has 0 spiro atoms. The maximum atomic E-state index is 6.13. The van der Waals surface area contributed by atoms with E-state index in [9.17, 15) is 0 Å². The highest BCUT2D eigenvalue weighted by Gasteiger charge is 2.44. The first-order chi connectivity index (χ1) is 8.47. The van der Waals surface area contributed by atoms with Crippen LogP contribution >= 0.6 is 0 Å². The molecular weight excluding hydrogens is 224 g/mol. The van der Waals surface area contributed by atoms with Crippen molar-refractivity contribution in [2.24, 2.45) is 5.92 Å². The van der Waals surface area contributed by atoms with E-state index in [1.807, 2.05) is 0 Å². The molecule has 3 aliphatic rings. The van der Waals surface area contributed by atoms with Crippen LogP contribution in [0.3, 0.4) is 0 Å². The van der Waals surface area contributed by atoms with Crippen molar-refractivity contribution in [1.29, 1.82) is 0 Å². The second kappa shape index (κ2) is 4.46. The summed E-state index contributed by atoms with van der Waals surface area (Å²) in [6, 6.07) is 0. The van der Waals surface area contributed by atoms with Gasteiger partial charge in [0.2, 0.25) is 0 Å². The van der Waals surface area contributed by atoms with Gasteiger partial charge in [0.05, 0.1) is 11.7 Å². The third kappa shape index (κ3) is 2.73. The highest BCUT2D eigenvalue weighted by Crippen LogP contribution is 2.41. The summed E-state index contributed by atoms with van der Waals surface area (Å²) in [5.41, 5.74) is 0.477. The molecule has 0 radical (unpaired) electrons. The fourth-order valence-corrected chi connectivity index (χ4v) is 3.74. The highest BCUT2D eigenvalue weighted by molar-refractivity contribution is 5.02. The van der Waals surface area contributed by atoms with Gasteiger partial charge in [-0.2, -0.15) is 0 Å². The lowest BCUT2D eigenvalue weighted by atomic mass is 9.92. The van der Waals surface area contributed by atoms with Crippen molar-refractivity contribution in [2.45, 2.75) is 63.7 Å². The zero-order valence-corrected chi connectivity index (χ0v) is 12.2. The summed E-state index contributed by atoms with van der Waals surface area (Å²) in [6.07, 6.45) is 5.75. The molecule has 1 saturated carbocycles. The lowest BCUT2D eigenvalue weighted by molar-refractivity contribution is -0.0350. The van der Waals surface area contributed by atoms with Crippen molar-refractivity contribution >= 4 is 0 Å². The normalized spacial score (nSPS) is 41.2. The predicted octanol–water partition coefficient (Wildman–Crippen LogP) is 2.02. The van der Waals surface area contributed by atoms with Gasteiger partial charge < -0.3 is 10.1 Å². The molecule has 3 rings (SSSR count). The van der Waals surface area contributed by atoms with Gasteiger partial charge in [0.25, 0.3) is 0 Å². The van der Waals surface area contributed by atoms with E-state index in [4.69, 9.17) is 4.74 Å². The summed E-state index contributed by atoms with van der Waals surface area (Å²) in [6.45, 7) is 11.5. The Labute approximate surface area is 111 Å². The minimum Gasteiger partial charge on any atom is -0.371 e. The van der Waals surface area contributed by atoms with E-state index in [2.05, 4.69) is 31.0 Å². The smallest absolute Gasteiger partial charge is 0.0710 e. The molecule has 104 valence electrons. The lowest BCUT2D eigenvalue weighted by Gasteiger charge is -2.42. The van der Waals surface area contributed by atoms with E-state index in [0.717, 1.165) is 19.0 Å². The molecule has 1 aliphatic carbocycles. The van der Waals surface area contributed by atoms with Crippen molar-refractivity contribution in [3.05, 3.63) is 0 Å². The fourth-order valence-electron chi connectivity index (χ4n) is 3.74. The molecule has 3 heteroatoms. The molecule has 0 aromatic carbocycles. The molecule has 0 aromatic heterocycles. The number of hydrogen-bond acceptors (Lipinski definition) is 3. The predicted molar refractivity (Wildman–Crippen MR) is 73.8 cm³/mol. The molecule has 0 amide bonds. The van der Waals surface area contributed by atoms with Gasteiger partial charge >= 0.3 is 0 Å². The molecule has 2 unspecified atom stereocenters. The Morgan fingerprint density at radius 3 is 2.61 bits per heavy atom. The summed E-state index contributed by atoms with van der Waals surface area (Å²) < 4.78 is 6.13. The molecule has 0 aromatic rings. The zero-order valence-electron chi connectivity index (χ0n) is 12.2. The maximum absolute atomic E-state index is 6.13. The second-order valence-corrected chi connectivity index (χ2v) is 7.39. The SMILES string of the molecule is CC1(C)CCC(CN2CCNC(C)(C3CC3)C2)O1. The Morgan fingerprint density at radius 1 is 1.22 bits per heavy atom. The molecule has 3 fully saturated rings. The number of nitrogens with one attached hydrogen (secondary N) is 1. The molecule has 0 bridgehead atoms. The maximum Gasteiger partial charge on any atom is 0.0710 e. The average molecular weight is 252 g/mol. The standard InChI is InChI=1S/C15H28N2O/c1-14(2)7-6-13(18-14)10-17-9-8-16-15(3,11-17)12-4-5-12/h12-13,16H,4-11H2,1-3H3. The Bertz CT molecular complexity index is 314. The first kappa shape index (κ1) is 12.9. The van der Waals surface area contributed by atoms with Crippen LogP contribution in [0.4, 0.5) is 0 Å². The van der Waals surface area contributed by atoms with E-state index < -0.39 is 0 Å². The number of ether oxygens (including phenoxy) is 1. The van der Waals surface area contributed by atoms with Crippen LogP contribution in [0.25, 0.3) is 0 Å². The molecule has 3 nitrogen and oxygen atoms in total. The fraction of sp³-hybridized carbons (Fsp3) is 1.00. The van der Waals surface area contributed by atoms with Gasteiger partial charge in [-0.25, -0.2) is 0 Å². The number of nitrogens with zero attached hydrogens (tertiary/aromatic N) is 1. The van der Waals surface area contributed by atoms with E-state index in [1.54, 1.807) is 0 Å². The quantitative estimate of drug-likeness (QED) is 0.831. The van der Waals surface area contributed by atoms with E-state index in [0.29, 0.717) is 11.6 Å². The van der Waals surface area contributed by atoms with Crippen LogP contribution in [0.1, 0.15) is 46.5 Å². The summed E-state index contributed by atoms with van der Waals surface area (Å²) in [4.78, 5) is 2.63. The van der Waals surface area contributed by atoms with Gasteiger partial charge in [-0.3, -0.25) is 4.90 Å². The lowest BCUT2D eigenvalue weighted by Crippen LogP contribution is -2.60. The zero-order chi connectivity index (χ0) is 12.8. The molecule has 2 saturated heterocycles. The molecule has 2 aliphatic heterocycles. The van der Waals surface area contributed by atoms with Gasteiger partial charge in [0, 0.05) is 31.7 Å². The topological polar surface area (TPSA) is 24.5 Å². The largest absolute Gasteiger partial charge is 0.371 e. The van der Waals surface area contributed by atoms with Gasteiger partial charge in [-0.05, 0) is 52.4 Å². The van der Waals surface area contributed by atoms with Crippen LogP contribution in [0, 0.1) is 5.92 Å². The average Bonchev–Trinajstić information content (AvgIpc) is 3.06. The molecule has 2 atom stereocenters. The Hall–Kier alpha value is -0.120. The minimum atomic E-state index is 0.110. The van der Waals surface area contributed by atoms with E-state index >= 15 is 0 Å². The third-order valence-corrected chi connectivity index (χ3v) is 5.00. The minimum absolute atomic E-state index is 0.110. The Kier molecular flexibility index (Phi) is 3.20. The van der Waals surface area contributed by atoms with Crippen LogP contribution < -0.4 is 5.32 Å². The van der Waals surface area contributed by atoms with Crippen molar-refractivity contribution in [3.63, 3.8) is 0 Å².